The molecular weight excluding hydrogens is 550 g/mol. The number of rotatable bonds is 9. The largest absolute Gasteiger partial charge is 0.489 e. The fourth-order valence-corrected chi connectivity index (χ4v) is 5.67. The highest BCUT2D eigenvalue weighted by Crippen LogP contribution is 2.34. The number of carbonyl (C=O) groups is 4. The summed E-state index contributed by atoms with van der Waals surface area (Å²) in [6.45, 7) is 11.1. The molecule has 5 rings (SSSR count). The summed E-state index contributed by atoms with van der Waals surface area (Å²) in [5.41, 5.74) is 2.65. The van der Waals surface area contributed by atoms with Crippen LogP contribution in [0.1, 0.15) is 67.1 Å². The van der Waals surface area contributed by atoms with Gasteiger partial charge in [-0.3, -0.25) is 19.3 Å². The Balaban J connectivity index is 1.20. The van der Waals surface area contributed by atoms with Gasteiger partial charge in [0.15, 0.2) is 5.78 Å². The van der Waals surface area contributed by atoms with E-state index in [4.69, 9.17) is 14.2 Å². The first-order valence-corrected chi connectivity index (χ1v) is 15.0. The molecule has 230 valence electrons. The van der Waals surface area contributed by atoms with Crippen LogP contribution >= 0.6 is 0 Å². The Bertz CT molecular complexity index is 1350. The first-order chi connectivity index (χ1) is 20.6. The average molecular weight is 592 g/mol. The van der Waals surface area contributed by atoms with Crippen molar-refractivity contribution in [3.8, 4) is 5.75 Å². The van der Waals surface area contributed by atoms with Gasteiger partial charge in [0.25, 0.3) is 5.91 Å². The number of ketones is 2. The molecule has 0 spiro atoms. The van der Waals surface area contributed by atoms with Crippen LogP contribution < -0.4 is 4.74 Å². The Morgan fingerprint density at radius 1 is 1.02 bits per heavy atom. The normalized spacial score (nSPS) is 19.4. The van der Waals surface area contributed by atoms with Crippen LogP contribution in [0.4, 0.5) is 4.79 Å². The van der Waals surface area contributed by atoms with Crippen molar-refractivity contribution in [1.29, 1.82) is 0 Å². The lowest BCUT2D eigenvalue weighted by atomic mass is 9.92. The van der Waals surface area contributed by atoms with Gasteiger partial charge in [-0.25, -0.2) is 4.79 Å². The lowest BCUT2D eigenvalue weighted by Crippen LogP contribution is -2.44. The number of amides is 2. The van der Waals surface area contributed by atoms with Crippen LogP contribution in [-0.4, -0.2) is 89.3 Å². The van der Waals surface area contributed by atoms with Crippen LogP contribution in [0.25, 0.3) is 0 Å². The lowest BCUT2D eigenvalue weighted by molar-refractivity contribution is -0.133. The molecule has 0 aromatic heterocycles. The molecule has 1 unspecified atom stereocenters. The van der Waals surface area contributed by atoms with Crippen LogP contribution in [-0.2, 0) is 38.8 Å². The zero-order valence-corrected chi connectivity index (χ0v) is 25.3. The summed E-state index contributed by atoms with van der Waals surface area (Å²) in [6.07, 6.45) is 0.252. The summed E-state index contributed by atoms with van der Waals surface area (Å²) in [4.78, 5) is 55.9. The molecule has 3 aliphatic rings. The molecule has 2 amide bonds. The van der Waals surface area contributed by atoms with Crippen LogP contribution in [0, 0.1) is 0 Å². The third kappa shape index (κ3) is 7.80. The number of hydrogen-bond acceptors (Lipinski definition) is 8. The fraction of sp³-hybridized carbons (Fsp3) is 0.515. The van der Waals surface area contributed by atoms with E-state index in [9.17, 15) is 19.2 Å². The molecule has 1 aliphatic carbocycles. The van der Waals surface area contributed by atoms with Gasteiger partial charge in [-0.05, 0) is 50.5 Å². The van der Waals surface area contributed by atoms with E-state index in [0.717, 1.165) is 36.3 Å². The molecule has 0 bridgehead atoms. The van der Waals surface area contributed by atoms with Gasteiger partial charge in [0.2, 0.25) is 0 Å². The van der Waals surface area contributed by atoms with Crippen molar-refractivity contribution in [1.82, 2.24) is 14.7 Å². The molecule has 10 heteroatoms. The third-order valence-electron chi connectivity index (χ3n) is 8.00. The quantitative estimate of drug-likeness (QED) is 0.404. The van der Waals surface area contributed by atoms with Crippen molar-refractivity contribution in [2.45, 2.75) is 71.4 Å². The molecular formula is C33H41N3O7. The highest BCUT2D eigenvalue weighted by Gasteiger charge is 2.40. The maximum atomic E-state index is 13.1. The number of fused-ring (bicyclic) bond motifs is 1. The van der Waals surface area contributed by atoms with Crippen molar-refractivity contribution >= 4 is 23.6 Å². The van der Waals surface area contributed by atoms with Crippen LogP contribution in [0.5, 0.6) is 5.75 Å². The molecule has 10 nitrogen and oxygen atoms in total. The topological polar surface area (TPSA) is 106 Å². The number of morpholine rings is 1. The molecule has 1 atom stereocenters. The van der Waals surface area contributed by atoms with Gasteiger partial charge in [0, 0.05) is 50.3 Å². The van der Waals surface area contributed by atoms with Crippen molar-refractivity contribution in [2.24, 2.45) is 0 Å². The lowest BCUT2D eigenvalue weighted by Gasteiger charge is -2.31. The minimum Gasteiger partial charge on any atom is -0.489 e. The van der Waals surface area contributed by atoms with Gasteiger partial charge in [0.05, 0.1) is 32.2 Å². The molecule has 2 fully saturated rings. The van der Waals surface area contributed by atoms with Crippen molar-refractivity contribution in [3.05, 3.63) is 64.7 Å². The maximum absolute atomic E-state index is 13.1. The monoisotopic (exact) mass is 591 g/mol. The molecule has 0 radical (unpaired) electrons. The number of nitrogens with zero attached hydrogens (tertiary/aromatic N) is 3. The number of Topliss-reactive ketones (excluding diaryl/α,β-unsaturated/α-hetero) is 2. The minimum absolute atomic E-state index is 0.0639. The van der Waals surface area contributed by atoms with E-state index in [1.54, 1.807) is 21.9 Å². The second-order valence-corrected chi connectivity index (χ2v) is 12.4. The highest BCUT2D eigenvalue weighted by atomic mass is 16.6. The van der Waals surface area contributed by atoms with Crippen molar-refractivity contribution < 1.29 is 33.4 Å². The zero-order chi connectivity index (χ0) is 30.6. The van der Waals surface area contributed by atoms with Crippen LogP contribution in [0.3, 0.4) is 0 Å². The van der Waals surface area contributed by atoms with Crippen LogP contribution in [0.2, 0.25) is 0 Å². The molecule has 2 aliphatic heterocycles. The summed E-state index contributed by atoms with van der Waals surface area (Å²) in [5, 5.41) is 0. The molecule has 1 saturated carbocycles. The van der Waals surface area contributed by atoms with E-state index in [1.807, 2.05) is 51.1 Å². The summed E-state index contributed by atoms with van der Waals surface area (Å²) in [5.74, 6) is 0.161. The van der Waals surface area contributed by atoms with Crippen molar-refractivity contribution in [2.75, 3.05) is 39.4 Å². The summed E-state index contributed by atoms with van der Waals surface area (Å²) < 4.78 is 17.3. The Morgan fingerprint density at radius 2 is 1.74 bits per heavy atom. The zero-order valence-electron chi connectivity index (χ0n) is 25.3. The highest BCUT2D eigenvalue weighted by molar-refractivity contribution is 6.07. The SMILES string of the molecule is CC(C)(C)OC(=O)N(CCN1CCOCC1)Cc1ccc(COc2cccc3c2CN(C2CCC(=O)CC2=O)C3=O)cc1. The third-order valence-corrected chi connectivity index (χ3v) is 8.00. The van der Waals surface area contributed by atoms with Gasteiger partial charge in [-0.15, -0.1) is 0 Å². The molecule has 1 saturated heterocycles. The second kappa shape index (κ2) is 13.3. The smallest absolute Gasteiger partial charge is 0.410 e. The Labute approximate surface area is 252 Å². The summed E-state index contributed by atoms with van der Waals surface area (Å²) in [6, 6.07) is 12.7. The van der Waals surface area contributed by atoms with Gasteiger partial charge in [0.1, 0.15) is 23.7 Å². The van der Waals surface area contributed by atoms with E-state index in [1.165, 1.54) is 0 Å². The predicted octanol–water partition coefficient (Wildman–Crippen LogP) is 3.98. The predicted molar refractivity (Wildman–Crippen MR) is 159 cm³/mol. The van der Waals surface area contributed by atoms with E-state index in [0.29, 0.717) is 63.6 Å². The van der Waals surface area contributed by atoms with Gasteiger partial charge >= 0.3 is 6.09 Å². The maximum Gasteiger partial charge on any atom is 0.410 e. The van der Waals surface area contributed by atoms with E-state index >= 15 is 0 Å². The summed E-state index contributed by atoms with van der Waals surface area (Å²) >= 11 is 0. The van der Waals surface area contributed by atoms with Crippen molar-refractivity contribution in [3.63, 3.8) is 0 Å². The minimum atomic E-state index is -0.584. The summed E-state index contributed by atoms with van der Waals surface area (Å²) in [7, 11) is 0. The molecule has 2 aromatic rings. The number of carbonyl (C=O) groups excluding carboxylic acids is 4. The van der Waals surface area contributed by atoms with Gasteiger partial charge < -0.3 is 24.0 Å². The Kier molecular flexibility index (Phi) is 9.46. The standard InChI is InChI=1S/C33H41N3O7/c1-33(2,3)43-32(40)35(14-13-34-15-17-41-18-16-34)20-23-7-9-24(10-8-23)22-42-30-6-4-5-26-27(30)21-36(31(26)39)28-12-11-25(37)19-29(28)38/h4-10,28H,11-22H2,1-3H3. The molecule has 43 heavy (non-hydrogen) atoms. The molecule has 2 heterocycles. The Hall–Kier alpha value is -3.76. The number of hydrogen-bond donors (Lipinski definition) is 0. The fourth-order valence-electron chi connectivity index (χ4n) is 5.67. The van der Waals surface area contributed by atoms with Crippen LogP contribution in [0.15, 0.2) is 42.5 Å². The second-order valence-electron chi connectivity index (χ2n) is 12.4. The Morgan fingerprint density at radius 3 is 2.44 bits per heavy atom. The van der Waals surface area contributed by atoms with Gasteiger partial charge in [-0.1, -0.05) is 30.3 Å². The number of ether oxygens (including phenoxy) is 3. The number of benzene rings is 2. The van der Waals surface area contributed by atoms with E-state index in [2.05, 4.69) is 4.90 Å². The first kappa shape index (κ1) is 30.7. The van der Waals surface area contributed by atoms with Gasteiger partial charge in [-0.2, -0.15) is 0 Å². The average Bonchev–Trinajstić information content (AvgIpc) is 3.31. The first-order valence-electron chi connectivity index (χ1n) is 15.0. The van der Waals surface area contributed by atoms with E-state index < -0.39 is 11.6 Å². The molecule has 2 aromatic carbocycles. The van der Waals surface area contributed by atoms with E-state index in [-0.39, 0.29) is 30.0 Å². The molecule has 0 N–H and O–H groups in total.